The summed E-state index contributed by atoms with van der Waals surface area (Å²) >= 11 is 0. The highest BCUT2D eigenvalue weighted by Gasteiger charge is 2.24. The van der Waals surface area contributed by atoms with Gasteiger partial charge >= 0.3 is 0 Å². The van der Waals surface area contributed by atoms with Crippen LogP contribution in [0.15, 0.2) is 53.7 Å². The lowest BCUT2D eigenvalue weighted by atomic mass is 10.1. The molecule has 0 aliphatic carbocycles. The minimum absolute atomic E-state index is 0. The number of benzene rings is 1. The van der Waals surface area contributed by atoms with Crippen molar-refractivity contribution in [1.82, 2.24) is 4.98 Å². The summed E-state index contributed by atoms with van der Waals surface area (Å²) in [5, 5.41) is 2.96. The molecule has 0 amide bonds. The van der Waals surface area contributed by atoms with Crippen LogP contribution in [0.3, 0.4) is 0 Å². The SMILES string of the molecule is I.NC(=NCC1CCN(c2ccccc2F)C1)Nc1ccccn1. The van der Waals surface area contributed by atoms with E-state index in [1.165, 1.54) is 6.07 Å². The molecule has 2 heterocycles. The number of pyridine rings is 1. The van der Waals surface area contributed by atoms with Crippen molar-refractivity contribution in [2.75, 3.05) is 29.9 Å². The fraction of sp³-hybridized carbons (Fsp3) is 0.294. The van der Waals surface area contributed by atoms with Crippen LogP contribution in [-0.4, -0.2) is 30.6 Å². The maximum atomic E-state index is 13.8. The van der Waals surface area contributed by atoms with Gasteiger partial charge in [0.1, 0.15) is 11.6 Å². The van der Waals surface area contributed by atoms with E-state index < -0.39 is 0 Å². The highest BCUT2D eigenvalue weighted by atomic mass is 127. The molecule has 1 aliphatic rings. The Balaban J connectivity index is 0.00000208. The van der Waals surface area contributed by atoms with E-state index in [1.54, 1.807) is 12.3 Å². The number of hydrogen-bond acceptors (Lipinski definition) is 3. The smallest absolute Gasteiger partial charge is 0.194 e. The quantitative estimate of drug-likeness (QED) is 0.435. The van der Waals surface area contributed by atoms with E-state index >= 15 is 0 Å². The van der Waals surface area contributed by atoms with Gasteiger partial charge in [0.2, 0.25) is 0 Å². The molecule has 2 aromatic rings. The first-order valence-corrected chi connectivity index (χ1v) is 7.70. The molecule has 1 saturated heterocycles. The van der Waals surface area contributed by atoms with E-state index in [4.69, 9.17) is 5.73 Å². The minimum Gasteiger partial charge on any atom is -0.370 e. The van der Waals surface area contributed by atoms with Gasteiger partial charge in [0, 0.05) is 25.8 Å². The Morgan fingerprint density at radius 1 is 1.29 bits per heavy atom. The van der Waals surface area contributed by atoms with Crippen molar-refractivity contribution in [1.29, 1.82) is 0 Å². The van der Waals surface area contributed by atoms with Gasteiger partial charge in [0.25, 0.3) is 0 Å². The van der Waals surface area contributed by atoms with Crippen molar-refractivity contribution in [3.63, 3.8) is 0 Å². The Morgan fingerprint density at radius 2 is 2.08 bits per heavy atom. The molecule has 1 aliphatic heterocycles. The van der Waals surface area contributed by atoms with Crippen LogP contribution in [0.2, 0.25) is 0 Å². The topological polar surface area (TPSA) is 66.5 Å². The third-order valence-electron chi connectivity index (χ3n) is 3.92. The molecule has 5 nitrogen and oxygen atoms in total. The van der Waals surface area contributed by atoms with Crippen molar-refractivity contribution in [3.05, 3.63) is 54.5 Å². The van der Waals surface area contributed by atoms with Crippen molar-refractivity contribution < 1.29 is 4.39 Å². The largest absolute Gasteiger partial charge is 0.370 e. The first-order chi connectivity index (χ1) is 11.2. The van der Waals surface area contributed by atoms with Gasteiger partial charge in [-0.05, 0) is 36.6 Å². The molecule has 0 bridgehead atoms. The summed E-state index contributed by atoms with van der Waals surface area (Å²) in [6.45, 7) is 2.26. The first-order valence-electron chi connectivity index (χ1n) is 7.70. The number of guanidine groups is 1. The number of aromatic nitrogens is 1. The Kier molecular flexibility index (Phi) is 6.77. The second-order valence-electron chi connectivity index (χ2n) is 5.62. The van der Waals surface area contributed by atoms with Crippen LogP contribution >= 0.6 is 24.0 Å². The van der Waals surface area contributed by atoms with E-state index in [9.17, 15) is 4.39 Å². The summed E-state index contributed by atoms with van der Waals surface area (Å²) in [7, 11) is 0. The van der Waals surface area contributed by atoms with Crippen LogP contribution in [0.4, 0.5) is 15.9 Å². The molecule has 24 heavy (non-hydrogen) atoms. The fourth-order valence-electron chi connectivity index (χ4n) is 2.74. The zero-order valence-electron chi connectivity index (χ0n) is 13.2. The van der Waals surface area contributed by atoms with Crippen molar-refractivity contribution in [3.8, 4) is 0 Å². The Hall–Kier alpha value is -1.90. The molecule has 3 rings (SSSR count). The summed E-state index contributed by atoms with van der Waals surface area (Å²) in [5.74, 6) is 1.23. The van der Waals surface area contributed by atoms with Crippen LogP contribution < -0.4 is 16.0 Å². The van der Waals surface area contributed by atoms with E-state index in [0.717, 1.165) is 19.5 Å². The molecule has 7 heteroatoms. The molecule has 1 aromatic heterocycles. The molecule has 3 N–H and O–H groups in total. The maximum Gasteiger partial charge on any atom is 0.194 e. The normalized spacial score (nSPS) is 17.5. The van der Waals surface area contributed by atoms with E-state index in [-0.39, 0.29) is 29.8 Å². The molecule has 1 unspecified atom stereocenters. The lowest BCUT2D eigenvalue weighted by Gasteiger charge is -2.18. The van der Waals surface area contributed by atoms with Crippen LogP contribution in [0.1, 0.15) is 6.42 Å². The van der Waals surface area contributed by atoms with E-state index in [0.29, 0.717) is 29.9 Å². The minimum atomic E-state index is -0.173. The number of nitrogens with zero attached hydrogens (tertiary/aromatic N) is 3. The van der Waals surface area contributed by atoms with Gasteiger partial charge in [-0.25, -0.2) is 9.37 Å². The van der Waals surface area contributed by atoms with Gasteiger partial charge in [-0.3, -0.25) is 4.99 Å². The van der Waals surface area contributed by atoms with Gasteiger partial charge in [-0.15, -0.1) is 24.0 Å². The lowest BCUT2D eigenvalue weighted by Crippen LogP contribution is -2.25. The second kappa shape index (κ2) is 8.81. The van der Waals surface area contributed by atoms with Crippen LogP contribution in [0.5, 0.6) is 0 Å². The highest BCUT2D eigenvalue weighted by Crippen LogP contribution is 2.26. The summed E-state index contributed by atoms with van der Waals surface area (Å²) in [6, 6.07) is 12.4. The molecular formula is C17H21FIN5. The predicted octanol–water partition coefficient (Wildman–Crippen LogP) is 3.09. The van der Waals surface area contributed by atoms with Crippen LogP contribution in [-0.2, 0) is 0 Å². The zero-order valence-corrected chi connectivity index (χ0v) is 15.6. The van der Waals surface area contributed by atoms with Crippen molar-refractivity contribution >= 4 is 41.4 Å². The molecule has 0 radical (unpaired) electrons. The number of nitrogens with one attached hydrogen (secondary N) is 1. The standard InChI is InChI=1S/C17H20FN5.HI/c18-14-5-1-2-6-15(14)23-10-8-13(12-23)11-21-17(19)22-16-7-3-4-9-20-16;/h1-7,9,13H,8,10-12H2,(H3,19,20,21,22);1H. The summed E-state index contributed by atoms with van der Waals surface area (Å²) in [5.41, 5.74) is 6.54. The third kappa shape index (κ3) is 4.80. The maximum absolute atomic E-state index is 13.8. The van der Waals surface area contributed by atoms with E-state index in [2.05, 4.69) is 20.2 Å². The average Bonchev–Trinajstić information content (AvgIpc) is 3.03. The summed E-state index contributed by atoms with van der Waals surface area (Å²) < 4.78 is 13.8. The second-order valence-corrected chi connectivity index (χ2v) is 5.62. The molecule has 1 atom stereocenters. The third-order valence-corrected chi connectivity index (χ3v) is 3.92. The Labute approximate surface area is 158 Å². The van der Waals surface area contributed by atoms with Gasteiger partial charge in [0.15, 0.2) is 5.96 Å². The van der Waals surface area contributed by atoms with Crippen molar-refractivity contribution in [2.24, 2.45) is 16.6 Å². The molecular weight excluding hydrogens is 420 g/mol. The van der Waals surface area contributed by atoms with Crippen LogP contribution in [0.25, 0.3) is 0 Å². The number of halogens is 2. The number of para-hydroxylation sites is 1. The average molecular weight is 441 g/mol. The van der Waals surface area contributed by atoms with Crippen LogP contribution in [0, 0.1) is 11.7 Å². The molecule has 1 fully saturated rings. The zero-order chi connectivity index (χ0) is 16.1. The fourth-order valence-corrected chi connectivity index (χ4v) is 2.74. The van der Waals surface area contributed by atoms with Crippen molar-refractivity contribution in [2.45, 2.75) is 6.42 Å². The Bertz CT molecular complexity index is 680. The number of aliphatic imine (C=N–C) groups is 1. The van der Waals surface area contributed by atoms with Gasteiger partial charge < -0.3 is 16.0 Å². The predicted molar refractivity (Wildman–Crippen MR) is 106 cm³/mol. The summed E-state index contributed by atoms with van der Waals surface area (Å²) in [6.07, 6.45) is 2.67. The Morgan fingerprint density at radius 3 is 2.83 bits per heavy atom. The number of nitrogens with two attached hydrogens (primary N) is 1. The van der Waals surface area contributed by atoms with Gasteiger partial charge in [-0.2, -0.15) is 0 Å². The monoisotopic (exact) mass is 441 g/mol. The number of rotatable bonds is 4. The highest BCUT2D eigenvalue weighted by molar-refractivity contribution is 14.0. The summed E-state index contributed by atoms with van der Waals surface area (Å²) in [4.78, 5) is 10.6. The number of anilines is 2. The van der Waals surface area contributed by atoms with Gasteiger partial charge in [-0.1, -0.05) is 18.2 Å². The first kappa shape index (κ1) is 18.4. The van der Waals surface area contributed by atoms with Gasteiger partial charge in [0.05, 0.1) is 5.69 Å². The lowest BCUT2D eigenvalue weighted by molar-refractivity contribution is 0.598. The molecule has 0 saturated carbocycles. The molecule has 0 spiro atoms. The van der Waals surface area contributed by atoms with E-state index in [1.807, 2.05) is 30.3 Å². The molecule has 1 aromatic carbocycles. The number of hydrogen-bond donors (Lipinski definition) is 2. The molecule has 128 valence electrons.